The first-order valence-corrected chi connectivity index (χ1v) is 11.3. The summed E-state index contributed by atoms with van der Waals surface area (Å²) in [6.45, 7) is 11.1. The van der Waals surface area contributed by atoms with Crippen LogP contribution in [0.4, 0.5) is 5.82 Å². The second-order valence-electron chi connectivity index (χ2n) is 8.61. The van der Waals surface area contributed by atoms with E-state index in [2.05, 4.69) is 21.7 Å². The van der Waals surface area contributed by atoms with Gasteiger partial charge in [-0.05, 0) is 45.6 Å². The molecule has 29 heavy (non-hydrogen) atoms. The molecule has 1 amide bonds. The summed E-state index contributed by atoms with van der Waals surface area (Å²) >= 11 is 0. The third-order valence-corrected chi connectivity index (χ3v) is 6.75. The molecule has 0 aromatic carbocycles. The number of hydrogen-bond donors (Lipinski definition) is 0. The number of likely N-dealkylation sites (tertiary alicyclic amines) is 1. The maximum absolute atomic E-state index is 12.9. The van der Waals surface area contributed by atoms with E-state index in [0.29, 0.717) is 25.2 Å². The Hall–Kier alpha value is -1.73. The Kier molecular flexibility index (Phi) is 6.65. The van der Waals surface area contributed by atoms with Crippen molar-refractivity contribution in [3.05, 3.63) is 17.6 Å². The van der Waals surface area contributed by atoms with Crippen LogP contribution in [0.1, 0.15) is 44.0 Å². The SMILES string of the molecule is CCc1cnc(C)nc1N1CCC(N2CCCC(C(=O)N3CCOCC3)C2)CC1. The largest absolute Gasteiger partial charge is 0.378 e. The zero-order valence-corrected chi connectivity index (χ0v) is 18.0. The van der Waals surface area contributed by atoms with Gasteiger partial charge in [-0.3, -0.25) is 9.69 Å². The van der Waals surface area contributed by atoms with Gasteiger partial charge in [-0.1, -0.05) is 6.92 Å². The predicted octanol–water partition coefficient (Wildman–Crippen LogP) is 1.89. The van der Waals surface area contributed by atoms with Crippen LogP contribution in [0.5, 0.6) is 0 Å². The summed E-state index contributed by atoms with van der Waals surface area (Å²) in [5.74, 6) is 2.48. The van der Waals surface area contributed by atoms with Gasteiger partial charge in [0.2, 0.25) is 5.91 Å². The van der Waals surface area contributed by atoms with E-state index in [-0.39, 0.29) is 5.92 Å². The summed E-state index contributed by atoms with van der Waals surface area (Å²) in [7, 11) is 0. The van der Waals surface area contributed by atoms with Crippen LogP contribution in [0.3, 0.4) is 0 Å². The van der Waals surface area contributed by atoms with E-state index < -0.39 is 0 Å². The van der Waals surface area contributed by atoms with Crippen molar-refractivity contribution < 1.29 is 9.53 Å². The van der Waals surface area contributed by atoms with Crippen LogP contribution < -0.4 is 4.90 Å². The zero-order chi connectivity index (χ0) is 20.2. The van der Waals surface area contributed by atoms with Gasteiger partial charge in [-0.15, -0.1) is 0 Å². The number of ether oxygens (including phenoxy) is 1. The Morgan fingerprint density at radius 2 is 1.90 bits per heavy atom. The summed E-state index contributed by atoms with van der Waals surface area (Å²) in [4.78, 5) is 29.1. The second-order valence-corrected chi connectivity index (χ2v) is 8.61. The van der Waals surface area contributed by atoms with Crippen LogP contribution >= 0.6 is 0 Å². The number of carbonyl (C=O) groups is 1. The Morgan fingerprint density at radius 3 is 2.62 bits per heavy atom. The number of amides is 1. The first-order chi connectivity index (χ1) is 14.2. The maximum atomic E-state index is 12.9. The number of aryl methyl sites for hydroxylation is 2. The Bertz CT molecular complexity index is 698. The smallest absolute Gasteiger partial charge is 0.227 e. The number of rotatable bonds is 4. The highest BCUT2D eigenvalue weighted by atomic mass is 16.5. The number of anilines is 1. The molecular weight excluding hydrogens is 366 g/mol. The molecule has 0 aliphatic carbocycles. The molecule has 4 rings (SSSR count). The minimum Gasteiger partial charge on any atom is -0.378 e. The summed E-state index contributed by atoms with van der Waals surface area (Å²) in [6, 6.07) is 0.583. The van der Waals surface area contributed by atoms with Gasteiger partial charge < -0.3 is 14.5 Å². The zero-order valence-electron chi connectivity index (χ0n) is 18.0. The molecule has 3 saturated heterocycles. The lowest BCUT2D eigenvalue weighted by molar-refractivity contribution is -0.141. The summed E-state index contributed by atoms with van der Waals surface area (Å²) in [5, 5.41) is 0. The molecule has 3 aliphatic rings. The molecule has 3 fully saturated rings. The van der Waals surface area contributed by atoms with Crippen LogP contribution in [-0.2, 0) is 16.0 Å². The van der Waals surface area contributed by atoms with Crippen LogP contribution in [0.25, 0.3) is 0 Å². The molecule has 1 unspecified atom stereocenters. The second kappa shape index (κ2) is 9.39. The highest BCUT2D eigenvalue weighted by Gasteiger charge is 2.34. The third-order valence-electron chi connectivity index (χ3n) is 6.75. The van der Waals surface area contributed by atoms with E-state index in [0.717, 1.165) is 83.0 Å². The minimum absolute atomic E-state index is 0.163. The standard InChI is InChI=1S/C22H35N5O2/c1-3-18-15-23-17(2)24-21(18)25-9-6-20(7-10-25)27-8-4-5-19(16-27)22(28)26-11-13-29-14-12-26/h15,19-20H,3-14,16H2,1-2H3. The molecule has 4 heterocycles. The fraction of sp³-hybridized carbons (Fsp3) is 0.773. The number of hydrogen-bond acceptors (Lipinski definition) is 6. The Balaban J connectivity index is 1.33. The van der Waals surface area contributed by atoms with Crippen molar-refractivity contribution in [2.24, 2.45) is 5.92 Å². The van der Waals surface area contributed by atoms with E-state index in [1.165, 1.54) is 5.56 Å². The van der Waals surface area contributed by atoms with Gasteiger partial charge >= 0.3 is 0 Å². The van der Waals surface area contributed by atoms with Crippen LogP contribution in [0.15, 0.2) is 6.20 Å². The van der Waals surface area contributed by atoms with Gasteiger partial charge in [0.05, 0.1) is 19.1 Å². The van der Waals surface area contributed by atoms with Crippen LogP contribution in [-0.4, -0.2) is 84.2 Å². The number of morpholine rings is 1. The van der Waals surface area contributed by atoms with E-state index >= 15 is 0 Å². The number of aromatic nitrogens is 2. The first kappa shape index (κ1) is 20.5. The van der Waals surface area contributed by atoms with Crippen molar-refractivity contribution >= 4 is 11.7 Å². The van der Waals surface area contributed by atoms with Gasteiger partial charge in [0.15, 0.2) is 0 Å². The van der Waals surface area contributed by atoms with E-state index in [4.69, 9.17) is 9.72 Å². The summed E-state index contributed by atoms with van der Waals surface area (Å²) in [6.07, 6.45) is 7.40. The molecule has 1 aromatic heterocycles. The maximum Gasteiger partial charge on any atom is 0.227 e. The van der Waals surface area contributed by atoms with E-state index in [9.17, 15) is 4.79 Å². The normalized spacial score (nSPS) is 24.7. The predicted molar refractivity (Wildman–Crippen MR) is 113 cm³/mol. The van der Waals surface area contributed by atoms with E-state index in [1.807, 2.05) is 18.0 Å². The van der Waals surface area contributed by atoms with Crippen molar-refractivity contribution in [1.82, 2.24) is 19.8 Å². The molecule has 0 radical (unpaired) electrons. The molecule has 7 nitrogen and oxygen atoms in total. The molecule has 0 bridgehead atoms. The summed E-state index contributed by atoms with van der Waals surface area (Å²) < 4.78 is 5.41. The summed E-state index contributed by atoms with van der Waals surface area (Å²) in [5.41, 5.74) is 1.24. The monoisotopic (exact) mass is 401 g/mol. The van der Waals surface area contributed by atoms with Crippen molar-refractivity contribution in [3.63, 3.8) is 0 Å². The molecule has 0 saturated carbocycles. The number of nitrogens with zero attached hydrogens (tertiary/aromatic N) is 5. The van der Waals surface area contributed by atoms with Crippen LogP contribution in [0.2, 0.25) is 0 Å². The fourth-order valence-electron chi connectivity index (χ4n) is 5.03. The lowest BCUT2D eigenvalue weighted by Crippen LogP contribution is -2.52. The molecule has 0 spiro atoms. The van der Waals surface area contributed by atoms with Gasteiger partial charge in [0.25, 0.3) is 0 Å². The number of carbonyl (C=O) groups excluding carboxylic acids is 1. The van der Waals surface area contributed by atoms with Gasteiger partial charge in [-0.2, -0.15) is 0 Å². The Morgan fingerprint density at radius 1 is 1.14 bits per heavy atom. The van der Waals surface area contributed by atoms with Crippen molar-refractivity contribution in [1.29, 1.82) is 0 Å². The highest BCUT2D eigenvalue weighted by Crippen LogP contribution is 2.28. The molecule has 1 aromatic rings. The molecule has 7 heteroatoms. The van der Waals surface area contributed by atoms with Crippen molar-refractivity contribution in [3.8, 4) is 0 Å². The molecule has 3 aliphatic heterocycles. The fourth-order valence-corrected chi connectivity index (χ4v) is 5.03. The van der Waals surface area contributed by atoms with E-state index in [1.54, 1.807) is 0 Å². The molecular formula is C22H35N5O2. The number of piperidine rings is 2. The van der Waals surface area contributed by atoms with Gasteiger partial charge in [-0.25, -0.2) is 9.97 Å². The highest BCUT2D eigenvalue weighted by molar-refractivity contribution is 5.79. The third kappa shape index (κ3) is 4.72. The lowest BCUT2D eigenvalue weighted by Gasteiger charge is -2.43. The van der Waals surface area contributed by atoms with Crippen molar-refractivity contribution in [2.75, 3.05) is 57.4 Å². The first-order valence-electron chi connectivity index (χ1n) is 11.3. The average molecular weight is 402 g/mol. The minimum atomic E-state index is 0.163. The topological polar surface area (TPSA) is 61.8 Å². The molecule has 160 valence electrons. The molecule has 1 atom stereocenters. The average Bonchev–Trinajstić information content (AvgIpc) is 2.79. The molecule has 0 N–H and O–H groups in total. The Labute approximate surface area is 174 Å². The van der Waals surface area contributed by atoms with Gasteiger partial charge in [0, 0.05) is 50.5 Å². The van der Waals surface area contributed by atoms with Crippen LogP contribution in [0, 0.1) is 12.8 Å². The lowest BCUT2D eigenvalue weighted by atomic mass is 9.92. The van der Waals surface area contributed by atoms with Gasteiger partial charge in [0.1, 0.15) is 11.6 Å². The quantitative estimate of drug-likeness (QED) is 0.768. The van der Waals surface area contributed by atoms with Crippen molar-refractivity contribution in [2.45, 2.75) is 52.0 Å².